The summed E-state index contributed by atoms with van der Waals surface area (Å²) in [5.74, 6) is 0.808. The summed E-state index contributed by atoms with van der Waals surface area (Å²) in [5, 5.41) is 0. The molecule has 2 aliphatic rings. The van der Waals surface area contributed by atoms with Crippen LogP contribution in [-0.2, 0) is 23.8 Å². The van der Waals surface area contributed by atoms with Gasteiger partial charge in [0.1, 0.15) is 12.2 Å². The van der Waals surface area contributed by atoms with E-state index in [1.54, 1.807) is 0 Å². The van der Waals surface area contributed by atoms with E-state index in [9.17, 15) is 9.59 Å². The zero-order valence-electron chi connectivity index (χ0n) is 18.8. The van der Waals surface area contributed by atoms with E-state index in [0.29, 0.717) is 24.9 Å². The predicted molar refractivity (Wildman–Crippen MR) is 109 cm³/mol. The maximum absolute atomic E-state index is 12.3. The number of ether oxygens (including phenoxy) is 3. The standard InChI is InChI=1S/C23H40O5/c1-7-22(5,6)20(25)26-12-11-23(27-16-19(24)28-21(2,3)4)14-17-9-8-10-18(13-17)15-23/h17-18H,7-16H2,1-6H3. The predicted octanol–water partition coefficient (Wildman–Crippen LogP) is 5.05. The minimum absolute atomic E-state index is 0.0366. The Labute approximate surface area is 170 Å². The van der Waals surface area contributed by atoms with E-state index in [0.717, 1.165) is 19.3 Å². The highest BCUT2D eigenvalue weighted by atomic mass is 16.6. The van der Waals surface area contributed by atoms with E-state index in [2.05, 4.69) is 0 Å². The molecule has 2 atom stereocenters. The van der Waals surface area contributed by atoms with Crippen molar-refractivity contribution in [2.45, 2.75) is 104 Å². The third kappa shape index (κ3) is 6.75. The Morgan fingerprint density at radius 1 is 1.04 bits per heavy atom. The van der Waals surface area contributed by atoms with E-state index in [1.807, 2.05) is 41.5 Å². The Kier molecular flexibility index (Phi) is 7.57. The van der Waals surface area contributed by atoms with Crippen molar-refractivity contribution in [1.29, 1.82) is 0 Å². The van der Waals surface area contributed by atoms with Gasteiger partial charge in [-0.05, 0) is 72.1 Å². The Morgan fingerprint density at radius 2 is 1.64 bits per heavy atom. The molecule has 0 amide bonds. The molecule has 5 heteroatoms. The topological polar surface area (TPSA) is 61.8 Å². The first-order valence-corrected chi connectivity index (χ1v) is 11.0. The molecule has 0 heterocycles. The fourth-order valence-corrected chi connectivity index (χ4v) is 4.56. The first-order valence-electron chi connectivity index (χ1n) is 11.0. The lowest BCUT2D eigenvalue weighted by molar-refractivity contribution is -0.177. The Hall–Kier alpha value is -1.10. The summed E-state index contributed by atoms with van der Waals surface area (Å²) in [6.45, 7) is 11.7. The number of esters is 2. The summed E-state index contributed by atoms with van der Waals surface area (Å²) in [7, 11) is 0. The summed E-state index contributed by atoms with van der Waals surface area (Å²) >= 11 is 0. The van der Waals surface area contributed by atoms with Gasteiger partial charge >= 0.3 is 11.9 Å². The number of rotatable bonds is 8. The Balaban J connectivity index is 1.99. The second-order valence-corrected chi connectivity index (χ2v) is 10.5. The molecule has 2 saturated carbocycles. The lowest BCUT2D eigenvalue weighted by atomic mass is 9.65. The van der Waals surface area contributed by atoms with Gasteiger partial charge in [-0.25, -0.2) is 4.79 Å². The van der Waals surface area contributed by atoms with Crippen LogP contribution in [0.1, 0.15) is 92.9 Å². The molecule has 0 aliphatic heterocycles. The molecule has 0 saturated heterocycles. The van der Waals surface area contributed by atoms with Gasteiger partial charge in [0, 0.05) is 6.42 Å². The molecule has 0 spiro atoms. The SMILES string of the molecule is CCC(C)(C)C(=O)OCCC1(OCC(=O)OC(C)(C)C)CC2CCCC(C2)C1. The fraction of sp³-hybridized carbons (Fsp3) is 0.913. The second-order valence-electron chi connectivity index (χ2n) is 10.5. The van der Waals surface area contributed by atoms with Crippen molar-refractivity contribution in [1.82, 2.24) is 0 Å². The molecule has 2 aliphatic carbocycles. The molecule has 0 N–H and O–H groups in total. The summed E-state index contributed by atoms with van der Waals surface area (Å²) in [5.41, 5.74) is -1.37. The van der Waals surface area contributed by atoms with Crippen LogP contribution in [0.5, 0.6) is 0 Å². The molecule has 5 nitrogen and oxygen atoms in total. The second kappa shape index (κ2) is 9.15. The molecular weight excluding hydrogens is 356 g/mol. The Bertz CT molecular complexity index is 534. The molecule has 162 valence electrons. The first-order chi connectivity index (χ1) is 12.9. The highest BCUT2D eigenvalue weighted by Crippen LogP contribution is 2.47. The molecule has 0 radical (unpaired) electrons. The monoisotopic (exact) mass is 396 g/mol. The number of carbonyl (C=O) groups is 2. The number of fused-ring (bicyclic) bond motifs is 2. The largest absolute Gasteiger partial charge is 0.465 e. The maximum atomic E-state index is 12.3. The van der Waals surface area contributed by atoms with Crippen molar-refractivity contribution in [3.05, 3.63) is 0 Å². The van der Waals surface area contributed by atoms with Crippen molar-refractivity contribution in [3.8, 4) is 0 Å². The number of carbonyl (C=O) groups excluding carboxylic acids is 2. The van der Waals surface area contributed by atoms with Gasteiger partial charge < -0.3 is 14.2 Å². The summed E-state index contributed by atoms with van der Waals surface area (Å²) in [6, 6.07) is 0. The summed E-state index contributed by atoms with van der Waals surface area (Å²) in [4.78, 5) is 24.5. The zero-order valence-corrected chi connectivity index (χ0v) is 18.8. The molecule has 2 fully saturated rings. The van der Waals surface area contributed by atoms with Crippen LogP contribution in [0.4, 0.5) is 0 Å². The van der Waals surface area contributed by atoms with E-state index >= 15 is 0 Å². The van der Waals surface area contributed by atoms with Crippen LogP contribution in [0.25, 0.3) is 0 Å². The molecule has 2 rings (SSSR count). The van der Waals surface area contributed by atoms with Crippen LogP contribution in [0, 0.1) is 17.3 Å². The molecule has 0 aromatic carbocycles. The average Bonchev–Trinajstić information content (AvgIpc) is 2.58. The van der Waals surface area contributed by atoms with Crippen molar-refractivity contribution in [2.75, 3.05) is 13.2 Å². The first kappa shape index (κ1) is 23.2. The Morgan fingerprint density at radius 3 is 2.18 bits per heavy atom. The van der Waals surface area contributed by atoms with Crippen LogP contribution in [0.2, 0.25) is 0 Å². The highest BCUT2D eigenvalue weighted by molar-refractivity contribution is 5.75. The molecule has 0 aromatic rings. The van der Waals surface area contributed by atoms with Gasteiger partial charge in [-0.3, -0.25) is 4.79 Å². The normalized spacial score (nSPS) is 27.9. The lowest BCUT2D eigenvalue weighted by Crippen LogP contribution is -2.46. The van der Waals surface area contributed by atoms with Crippen molar-refractivity contribution in [2.24, 2.45) is 17.3 Å². The van der Waals surface area contributed by atoms with E-state index < -0.39 is 11.0 Å². The van der Waals surface area contributed by atoms with Crippen LogP contribution < -0.4 is 0 Å². The number of hydrogen-bond donors (Lipinski definition) is 0. The molecular formula is C23H40O5. The van der Waals surface area contributed by atoms with Gasteiger partial charge in [0.2, 0.25) is 0 Å². The lowest BCUT2D eigenvalue weighted by Gasteiger charge is -2.47. The third-order valence-corrected chi connectivity index (χ3v) is 6.36. The van der Waals surface area contributed by atoms with Crippen molar-refractivity contribution >= 4 is 11.9 Å². The quantitative estimate of drug-likeness (QED) is 0.537. The summed E-state index contributed by atoms with van der Waals surface area (Å²) in [6.07, 6.45) is 8.30. The van der Waals surface area contributed by atoms with Crippen molar-refractivity contribution in [3.63, 3.8) is 0 Å². The van der Waals surface area contributed by atoms with Crippen LogP contribution >= 0.6 is 0 Å². The van der Waals surface area contributed by atoms with Crippen LogP contribution in [0.15, 0.2) is 0 Å². The van der Waals surface area contributed by atoms with Gasteiger partial charge in [0.05, 0.1) is 17.6 Å². The van der Waals surface area contributed by atoms with Gasteiger partial charge in [-0.15, -0.1) is 0 Å². The summed E-state index contributed by atoms with van der Waals surface area (Å²) < 4.78 is 17.3. The van der Waals surface area contributed by atoms with Gasteiger partial charge in [-0.1, -0.05) is 26.2 Å². The molecule has 0 aromatic heterocycles. The van der Waals surface area contributed by atoms with Crippen LogP contribution in [-0.4, -0.2) is 36.4 Å². The van der Waals surface area contributed by atoms with E-state index in [4.69, 9.17) is 14.2 Å². The van der Waals surface area contributed by atoms with Crippen LogP contribution in [0.3, 0.4) is 0 Å². The van der Waals surface area contributed by atoms with Gasteiger partial charge in [0.25, 0.3) is 0 Å². The molecule has 28 heavy (non-hydrogen) atoms. The molecule has 2 unspecified atom stereocenters. The van der Waals surface area contributed by atoms with E-state index in [1.165, 1.54) is 25.7 Å². The van der Waals surface area contributed by atoms with Gasteiger partial charge in [0.15, 0.2) is 0 Å². The van der Waals surface area contributed by atoms with Gasteiger partial charge in [-0.2, -0.15) is 0 Å². The van der Waals surface area contributed by atoms with Crippen molar-refractivity contribution < 1.29 is 23.8 Å². The number of hydrogen-bond acceptors (Lipinski definition) is 5. The third-order valence-electron chi connectivity index (χ3n) is 6.36. The maximum Gasteiger partial charge on any atom is 0.332 e. The highest BCUT2D eigenvalue weighted by Gasteiger charge is 2.43. The fourth-order valence-electron chi connectivity index (χ4n) is 4.56. The molecule has 2 bridgehead atoms. The minimum Gasteiger partial charge on any atom is -0.465 e. The zero-order chi connectivity index (χ0) is 21.0. The smallest absolute Gasteiger partial charge is 0.332 e. The van der Waals surface area contributed by atoms with E-state index in [-0.39, 0.29) is 24.1 Å². The average molecular weight is 397 g/mol. The minimum atomic E-state index is -0.516.